The molecule has 1 heterocycles. The summed E-state index contributed by atoms with van der Waals surface area (Å²) in [5.41, 5.74) is 1.59. The van der Waals surface area contributed by atoms with Gasteiger partial charge in [-0.25, -0.2) is 0 Å². The van der Waals surface area contributed by atoms with Crippen LogP contribution in [-0.2, 0) is 4.79 Å². The zero-order valence-electron chi connectivity index (χ0n) is 18.8. The molecule has 0 atom stereocenters. The lowest BCUT2D eigenvalue weighted by Crippen LogP contribution is -2.13. The second-order valence-electron chi connectivity index (χ2n) is 7.05. The number of ether oxygens (including phenoxy) is 3. The largest absolute Gasteiger partial charge is 0.490 e. The van der Waals surface area contributed by atoms with Gasteiger partial charge in [-0.3, -0.25) is 4.79 Å². The Morgan fingerprint density at radius 1 is 1.06 bits per heavy atom. The van der Waals surface area contributed by atoms with Gasteiger partial charge in [-0.2, -0.15) is 5.26 Å². The lowest BCUT2D eigenvalue weighted by Gasteiger charge is -2.14. The first-order valence-electron chi connectivity index (χ1n) is 10.4. The molecule has 0 saturated heterocycles. The van der Waals surface area contributed by atoms with Gasteiger partial charge in [0.05, 0.1) is 6.61 Å². The van der Waals surface area contributed by atoms with Crippen molar-refractivity contribution < 1.29 is 23.5 Å². The number of aryl methyl sites for hydroxylation is 2. The highest BCUT2D eigenvalue weighted by Crippen LogP contribution is 2.29. The van der Waals surface area contributed by atoms with Crippen molar-refractivity contribution in [2.24, 2.45) is 0 Å². The van der Waals surface area contributed by atoms with Gasteiger partial charge < -0.3 is 24.1 Å². The number of nitrogens with one attached hydrogen (secondary N) is 1. The fraction of sp³-hybridized carbons (Fsp3) is 0.240. The molecule has 1 N–H and O–H groups in total. The van der Waals surface area contributed by atoms with Crippen molar-refractivity contribution in [3.05, 3.63) is 71.0 Å². The van der Waals surface area contributed by atoms with Gasteiger partial charge >= 0.3 is 0 Å². The third-order valence-corrected chi connectivity index (χ3v) is 4.51. The van der Waals surface area contributed by atoms with Crippen LogP contribution in [0.5, 0.6) is 17.2 Å². The first kappa shape index (κ1) is 23.4. The van der Waals surface area contributed by atoms with Crippen LogP contribution in [-0.4, -0.2) is 30.9 Å². The Balaban J connectivity index is 1.66. The number of hydrogen-bond donors (Lipinski definition) is 1. The van der Waals surface area contributed by atoms with Crippen molar-refractivity contribution in [1.82, 2.24) is 5.16 Å². The Bertz CT molecular complexity index is 1180. The summed E-state index contributed by atoms with van der Waals surface area (Å²) in [4.78, 5) is 12.4. The number of nitriles is 1. The number of aromatic nitrogens is 1. The van der Waals surface area contributed by atoms with Crippen LogP contribution in [0.4, 0.5) is 5.82 Å². The van der Waals surface area contributed by atoms with Crippen LogP contribution in [0.25, 0.3) is 6.08 Å². The quantitative estimate of drug-likeness (QED) is 0.273. The van der Waals surface area contributed by atoms with E-state index in [0.29, 0.717) is 42.6 Å². The molecule has 3 rings (SSSR count). The standard InChI is InChI=1S/C25H25N3O5/c1-4-30-23-15-19(14-20(16-26)25(29)27-24-13-18(3)33-28-24)9-10-22(23)32-12-11-31-21-8-6-5-7-17(21)2/h5-10,13-15H,4,11-12H2,1-3H3,(H,27,28,29)/b20-14-. The molecular weight excluding hydrogens is 422 g/mol. The van der Waals surface area contributed by atoms with Crippen molar-refractivity contribution in [2.45, 2.75) is 20.8 Å². The average molecular weight is 447 g/mol. The second-order valence-corrected chi connectivity index (χ2v) is 7.05. The van der Waals surface area contributed by atoms with Gasteiger partial charge in [0.1, 0.15) is 36.4 Å². The average Bonchev–Trinajstić information content (AvgIpc) is 3.21. The zero-order valence-corrected chi connectivity index (χ0v) is 18.8. The molecular formula is C25H25N3O5. The van der Waals surface area contributed by atoms with Crippen LogP contribution in [0, 0.1) is 25.2 Å². The van der Waals surface area contributed by atoms with Crippen LogP contribution in [0.15, 0.2) is 58.6 Å². The highest BCUT2D eigenvalue weighted by Gasteiger charge is 2.13. The normalized spacial score (nSPS) is 10.9. The highest BCUT2D eigenvalue weighted by atomic mass is 16.5. The monoisotopic (exact) mass is 447 g/mol. The molecule has 0 aliphatic carbocycles. The Kier molecular flexibility index (Phi) is 8.08. The molecule has 0 aliphatic heterocycles. The maximum atomic E-state index is 12.4. The number of amides is 1. The van der Waals surface area contributed by atoms with Gasteiger partial charge in [-0.05, 0) is 56.2 Å². The Labute approximate surface area is 192 Å². The van der Waals surface area contributed by atoms with Gasteiger partial charge in [0, 0.05) is 6.07 Å². The molecule has 0 fully saturated rings. The van der Waals surface area contributed by atoms with E-state index < -0.39 is 5.91 Å². The molecule has 0 unspecified atom stereocenters. The van der Waals surface area contributed by atoms with E-state index >= 15 is 0 Å². The molecule has 0 bridgehead atoms. The summed E-state index contributed by atoms with van der Waals surface area (Å²) in [6.45, 7) is 6.68. The number of benzene rings is 2. The van der Waals surface area contributed by atoms with Gasteiger partial charge in [-0.1, -0.05) is 29.4 Å². The van der Waals surface area contributed by atoms with Gasteiger partial charge in [0.15, 0.2) is 17.3 Å². The van der Waals surface area contributed by atoms with E-state index in [0.717, 1.165) is 11.3 Å². The van der Waals surface area contributed by atoms with E-state index in [1.165, 1.54) is 6.08 Å². The van der Waals surface area contributed by atoms with E-state index in [1.54, 1.807) is 31.2 Å². The third kappa shape index (κ3) is 6.61. The summed E-state index contributed by atoms with van der Waals surface area (Å²) in [5.74, 6) is 2.07. The minimum Gasteiger partial charge on any atom is -0.490 e. The number of anilines is 1. The zero-order chi connectivity index (χ0) is 23.6. The first-order chi connectivity index (χ1) is 16.0. The fourth-order valence-electron chi connectivity index (χ4n) is 2.95. The topological polar surface area (TPSA) is 107 Å². The number of carbonyl (C=O) groups excluding carboxylic acids is 1. The Morgan fingerprint density at radius 2 is 1.82 bits per heavy atom. The lowest BCUT2D eigenvalue weighted by molar-refractivity contribution is -0.112. The number of rotatable bonds is 10. The van der Waals surface area contributed by atoms with E-state index in [4.69, 9.17) is 18.7 Å². The lowest BCUT2D eigenvalue weighted by atomic mass is 10.1. The number of hydrogen-bond acceptors (Lipinski definition) is 7. The Hall–Kier alpha value is -4.25. The molecule has 3 aromatic rings. The fourth-order valence-corrected chi connectivity index (χ4v) is 2.95. The second kappa shape index (κ2) is 11.4. The molecule has 33 heavy (non-hydrogen) atoms. The van der Waals surface area contributed by atoms with Crippen molar-refractivity contribution in [1.29, 1.82) is 5.26 Å². The maximum Gasteiger partial charge on any atom is 0.267 e. The minimum atomic E-state index is -0.586. The number of para-hydroxylation sites is 1. The third-order valence-electron chi connectivity index (χ3n) is 4.51. The molecule has 1 aromatic heterocycles. The SMILES string of the molecule is CCOc1cc(/C=C(/C#N)C(=O)Nc2cc(C)on2)ccc1OCCOc1ccccc1C. The molecule has 1 amide bonds. The van der Waals surface area contributed by atoms with Crippen LogP contribution < -0.4 is 19.5 Å². The van der Waals surface area contributed by atoms with Crippen LogP contribution >= 0.6 is 0 Å². The molecule has 0 aliphatic rings. The summed E-state index contributed by atoms with van der Waals surface area (Å²) in [6.07, 6.45) is 1.47. The molecule has 0 radical (unpaired) electrons. The van der Waals surface area contributed by atoms with Crippen LogP contribution in [0.1, 0.15) is 23.8 Å². The van der Waals surface area contributed by atoms with Crippen LogP contribution in [0.3, 0.4) is 0 Å². The summed E-state index contributed by atoms with van der Waals surface area (Å²) < 4.78 is 22.2. The molecule has 0 saturated carbocycles. The van der Waals surface area contributed by atoms with Gasteiger partial charge in [0.2, 0.25) is 0 Å². The van der Waals surface area contributed by atoms with E-state index in [-0.39, 0.29) is 11.4 Å². The summed E-state index contributed by atoms with van der Waals surface area (Å²) in [7, 11) is 0. The number of carbonyl (C=O) groups is 1. The predicted octanol–water partition coefficient (Wildman–Crippen LogP) is 4.69. The molecule has 170 valence electrons. The van der Waals surface area contributed by atoms with Gasteiger partial charge in [-0.15, -0.1) is 0 Å². The Morgan fingerprint density at radius 3 is 2.48 bits per heavy atom. The molecule has 2 aromatic carbocycles. The van der Waals surface area contributed by atoms with E-state index in [9.17, 15) is 10.1 Å². The maximum absolute atomic E-state index is 12.4. The summed E-state index contributed by atoms with van der Waals surface area (Å²) in [5, 5.41) is 15.7. The number of nitrogens with zero attached hydrogens (tertiary/aromatic N) is 2. The van der Waals surface area contributed by atoms with Crippen molar-refractivity contribution in [3.8, 4) is 23.3 Å². The smallest absolute Gasteiger partial charge is 0.267 e. The van der Waals surface area contributed by atoms with Crippen molar-refractivity contribution in [2.75, 3.05) is 25.1 Å². The summed E-state index contributed by atoms with van der Waals surface area (Å²) >= 11 is 0. The van der Waals surface area contributed by atoms with Gasteiger partial charge in [0.25, 0.3) is 5.91 Å². The van der Waals surface area contributed by atoms with Crippen molar-refractivity contribution in [3.63, 3.8) is 0 Å². The molecule has 8 heteroatoms. The minimum absolute atomic E-state index is 0.0848. The first-order valence-corrected chi connectivity index (χ1v) is 10.4. The van der Waals surface area contributed by atoms with Crippen molar-refractivity contribution >= 4 is 17.8 Å². The summed E-state index contributed by atoms with van der Waals surface area (Å²) in [6, 6.07) is 16.4. The van der Waals surface area contributed by atoms with E-state index in [2.05, 4.69) is 10.5 Å². The predicted molar refractivity (Wildman–Crippen MR) is 123 cm³/mol. The molecule has 0 spiro atoms. The molecule has 8 nitrogen and oxygen atoms in total. The highest BCUT2D eigenvalue weighted by molar-refractivity contribution is 6.09. The van der Waals surface area contributed by atoms with E-state index in [1.807, 2.05) is 44.2 Å². The van der Waals surface area contributed by atoms with Crippen LogP contribution in [0.2, 0.25) is 0 Å².